The third kappa shape index (κ3) is 3.94. The van der Waals surface area contributed by atoms with Crippen LogP contribution >= 0.6 is 0 Å². The van der Waals surface area contributed by atoms with Crippen molar-refractivity contribution < 1.29 is 18.7 Å². The van der Waals surface area contributed by atoms with Crippen LogP contribution < -0.4 is 14.8 Å². The lowest BCUT2D eigenvalue weighted by atomic mass is 10.2. The molecule has 0 atom stereocenters. The van der Waals surface area contributed by atoms with Crippen LogP contribution in [0.2, 0.25) is 0 Å². The number of ether oxygens (including phenoxy) is 2. The smallest absolute Gasteiger partial charge is 0.287 e. The Morgan fingerprint density at radius 3 is 2.52 bits per heavy atom. The van der Waals surface area contributed by atoms with Gasteiger partial charge in [0, 0.05) is 11.9 Å². The molecule has 3 aromatic rings. The quantitative estimate of drug-likeness (QED) is 0.702. The van der Waals surface area contributed by atoms with Crippen LogP contribution in [0.25, 0.3) is 11.0 Å². The minimum absolute atomic E-state index is 0.247. The van der Waals surface area contributed by atoms with Crippen molar-refractivity contribution in [2.24, 2.45) is 0 Å². The minimum Gasteiger partial charge on any atom is -0.490 e. The van der Waals surface area contributed by atoms with Crippen LogP contribution in [-0.2, 0) is 6.54 Å². The summed E-state index contributed by atoms with van der Waals surface area (Å²) in [6, 6.07) is 14.9. The number of rotatable bonds is 7. The number of furan rings is 1. The van der Waals surface area contributed by atoms with Gasteiger partial charge in [-0.15, -0.1) is 0 Å². The summed E-state index contributed by atoms with van der Waals surface area (Å²) >= 11 is 0. The molecule has 1 heterocycles. The maximum absolute atomic E-state index is 12.3. The predicted molar refractivity (Wildman–Crippen MR) is 96.2 cm³/mol. The first-order valence-electron chi connectivity index (χ1n) is 8.36. The lowest BCUT2D eigenvalue weighted by Gasteiger charge is -2.12. The normalized spacial score (nSPS) is 10.6. The molecule has 0 spiro atoms. The van der Waals surface area contributed by atoms with Crippen molar-refractivity contribution in [1.29, 1.82) is 0 Å². The summed E-state index contributed by atoms with van der Waals surface area (Å²) in [6.07, 6.45) is 0. The average molecular weight is 339 g/mol. The number of nitrogens with one attached hydrogen (secondary N) is 1. The Labute approximate surface area is 146 Å². The molecule has 1 amide bonds. The summed E-state index contributed by atoms with van der Waals surface area (Å²) in [6.45, 7) is 5.35. The fourth-order valence-corrected chi connectivity index (χ4v) is 2.57. The van der Waals surface area contributed by atoms with Crippen molar-refractivity contribution in [3.63, 3.8) is 0 Å². The summed E-state index contributed by atoms with van der Waals surface area (Å²) < 4.78 is 16.7. The molecule has 1 N–H and O–H groups in total. The monoisotopic (exact) mass is 339 g/mol. The van der Waals surface area contributed by atoms with Gasteiger partial charge in [-0.1, -0.05) is 24.3 Å². The van der Waals surface area contributed by atoms with Crippen molar-refractivity contribution in [3.8, 4) is 11.5 Å². The first-order chi connectivity index (χ1) is 12.2. The predicted octanol–water partition coefficient (Wildman–Crippen LogP) is 4.16. The van der Waals surface area contributed by atoms with Crippen molar-refractivity contribution in [1.82, 2.24) is 5.32 Å². The topological polar surface area (TPSA) is 60.7 Å². The Morgan fingerprint density at radius 1 is 1.00 bits per heavy atom. The van der Waals surface area contributed by atoms with E-state index in [9.17, 15) is 4.79 Å². The number of fused-ring (bicyclic) bond motifs is 1. The van der Waals surface area contributed by atoms with E-state index in [1.54, 1.807) is 6.07 Å². The van der Waals surface area contributed by atoms with E-state index in [1.807, 2.05) is 56.3 Å². The van der Waals surface area contributed by atoms with E-state index in [0.29, 0.717) is 42.6 Å². The number of hydrogen-bond acceptors (Lipinski definition) is 4. The standard InChI is InChI=1S/C20H21NO4/c1-3-23-17-10-9-14(11-18(17)24-4-2)13-21-20(22)19-12-15-7-5-6-8-16(15)25-19/h5-12H,3-4,13H2,1-2H3,(H,21,22). The van der Waals surface area contributed by atoms with E-state index in [2.05, 4.69) is 5.32 Å². The number of para-hydroxylation sites is 1. The Kier molecular flexibility index (Phi) is 5.23. The van der Waals surface area contributed by atoms with Gasteiger partial charge in [0.05, 0.1) is 13.2 Å². The zero-order chi connectivity index (χ0) is 17.6. The lowest BCUT2D eigenvalue weighted by molar-refractivity contribution is 0.0925. The molecule has 0 unspecified atom stereocenters. The number of hydrogen-bond donors (Lipinski definition) is 1. The Bertz CT molecular complexity index is 836. The zero-order valence-electron chi connectivity index (χ0n) is 14.4. The number of carbonyl (C=O) groups is 1. The van der Waals surface area contributed by atoms with Crippen LogP contribution in [0.15, 0.2) is 52.9 Å². The molecule has 0 saturated heterocycles. The van der Waals surface area contributed by atoms with Crippen LogP contribution in [0.5, 0.6) is 11.5 Å². The molecule has 3 rings (SSSR count). The fraction of sp³-hybridized carbons (Fsp3) is 0.250. The maximum atomic E-state index is 12.3. The second-order valence-corrected chi connectivity index (χ2v) is 5.48. The van der Waals surface area contributed by atoms with Gasteiger partial charge in [0.15, 0.2) is 17.3 Å². The van der Waals surface area contributed by atoms with Gasteiger partial charge in [-0.25, -0.2) is 0 Å². The van der Waals surface area contributed by atoms with Crippen molar-refractivity contribution in [2.45, 2.75) is 20.4 Å². The Morgan fingerprint density at radius 2 is 1.76 bits per heavy atom. The van der Waals surface area contributed by atoms with Gasteiger partial charge in [-0.3, -0.25) is 4.79 Å². The molecule has 5 nitrogen and oxygen atoms in total. The summed E-state index contributed by atoms with van der Waals surface area (Å²) in [4.78, 5) is 12.3. The second kappa shape index (κ2) is 7.75. The van der Waals surface area contributed by atoms with E-state index in [-0.39, 0.29) is 5.91 Å². The zero-order valence-corrected chi connectivity index (χ0v) is 14.4. The van der Waals surface area contributed by atoms with Crippen LogP contribution in [0.1, 0.15) is 30.0 Å². The Balaban J connectivity index is 1.69. The molecule has 25 heavy (non-hydrogen) atoms. The highest BCUT2D eigenvalue weighted by Crippen LogP contribution is 2.28. The van der Waals surface area contributed by atoms with Gasteiger partial charge in [-0.05, 0) is 43.7 Å². The summed E-state index contributed by atoms with van der Waals surface area (Å²) in [5.41, 5.74) is 1.63. The van der Waals surface area contributed by atoms with E-state index < -0.39 is 0 Å². The van der Waals surface area contributed by atoms with Crippen molar-refractivity contribution in [2.75, 3.05) is 13.2 Å². The lowest BCUT2D eigenvalue weighted by Crippen LogP contribution is -2.22. The van der Waals surface area contributed by atoms with Gasteiger partial charge in [0.1, 0.15) is 5.58 Å². The fourth-order valence-electron chi connectivity index (χ4n) is 2.57. The number of carbonyl (C=O) groups excluding carboxylic acids is 1. The molecular formula is C20H21NO4. The minimum atomic E-state index is -0.247. The molecule has 5 heteroatoms. The molecule has 0 aliphatic carbocycles. The third-order valence-electron chi connectivity index (χ3n) is 3.71. The first-order valence-corrected chi connectivity index (χ1v) is 8.36. The summed E-state index contributed by atoms with van der Waals surface area (Å²) in [7, 11) is 0. The molecule has 0 fully saturated rings. The van der Waals surface area contributed by atoms with Gasteiger partial charge in [0.25, 0.3) is 5.91 Å². The number of benzene rings is 2. The van der Waals surface area contributed by atoms with Crippen LogP contribution in [0.3, 0.4) is 0 Å². The van der Waals surface area contributed by atoms with Gasteiger partial charge in [-0.2, -0.15) is 0 Å². The van der Waals surface area contributed by atoms with Crippen molar-refractivity contribution in [3.05, 3.63) is 59.9 Å². The SMILES string of the molecule is CCOc1ccc(CNC(=O)c2cc3ccccc3o2)cc1OCC. The van der Waals surface area contributed by atoms with Gasteiger partial charge < -0.3 is 19.2 Å². The number of amides is 1. The largest absolute Gasteiger partial charge is 0.490 e. The van der Waals surface area contributed by atoms with Crippen molar-refractivity contribution >= 4 is 16.9 Å². The van der Waals surface area contributed by atoms with E-state index >= 15 is 0 Å². The highest BCUT2D eigenvalue weighted by molar-refractivity contribution is 5.96. The highest BCUT2D eigenvalue weighted by atomic mass is 16.5. The molecule has 0 aliphatic rings. The summed E-state index contributed by atoms with van der Waals surface area (Å²) in [5.74, 6) is 1.44. The molecule has 2 aromatic carbocycles. The molecule has 0 aliphatic heterocycles. The first kappa shape index (κ1) is 16.9. The molecule has 0 saturated carbocycles. The molecule has 130 valence electrons. The summed E-state index contributed by atoms with van der Waals surface area (Å²) in [5, 5.41) is 3.78. The van der Waals surface area contributed by atoms with E-state index in [1.165, 1.54) is 0 Å². The second-order valence-electron chi connectivity index (χ2n) is 5.48. The third-order valence-corrected chi connectivity index (χ3v) is 3.71. The van der Waals surface area contributed by atoms with E-state index in [0.717, 1.165) is 10.9 Å². The highest BCUT2D eigenvalue weighted by Gasteiger charge is 2.12. The Hall–Kier alpha value is -2.95. The average Bonchev–Trinajstić information content (AvgIpc) is 3.06. The van der Waals surface area contributed by atoms with Gasteiger partial charge in [0.2, 0.25) is 0 Å². The van der Waals surface area contributed by atoms with E-state index in [4.69, 9.17) is 13.9 Å². The molecule has 0 bridgehead atoms. The van der Waals surface area contributed by atoms with Crippen LogP contribution in [0, 0.1) is 0 Å². The molecular weight excluding hydrogens is 318 g/mol. The van der Waals surface area contributed by atoms with Gasteiger partial charge >= 0.3 is 0 Å². The van der Waals surface area contributed by atoms with Crippen LogP contribution in [0.4, 0.5) is 0 Å². The maximum Gasteiger partial charge on any atom is 0.287 e. The molecule has 1 aromatic heterocycles. The van der Waals surface area contributed by atoms with Crippen LogP contribution in [-0.4, -0.2) is 19.1 Å². The molecule has 0 radical (unpaired) electrons.